The highest BCUT2D eigenvalue weighted by Crippen LogP contribution is 2.36. The Morgan fingerprint density at radius 1 is 1.48 bits per heavy atom. The minimum Gasteiger partial charge on any atom is -0.394 e. The Bertz CT molecular complexity index is 788. The van der Waals surface area contributed by atoms with E-state index >= 15 is 0 Å². The van der Waals surface area contributed by atoms with Crippen molar-refractivity contribution < 1.29 is 24.4 Å². The molecule has 3 heterocycles. The summed E-state index contributed by atoms with van der Waals surface area (Å²) in [5, 5.41) is 29.3. The first-order chi connectivity index (χ1) is 12.0. The van der Waals surface area contributed by atoms with E-state index < -0.39 is 37.0 Å². The van der Waals surface area contributed by atoms with Crippen molar-refractivity contribution in [3.05, 3.63) is 35.8 Å². The molecule has 0 amide bonds. The van der Waals surface area contributed by atoms with E-state index in [-0.39, 0.29) is 17.1 Å². The number of aliphatic hydroxyl groups excluding tert-OH is 3. The average Bonchev–Trinajstić information content (AvgIpc) is 3.30. The number of ether oxygens (including phenoxy) is 1. The van der Waals surface area contributed by atoms with Crippen LogP contribution < -0.4 is 0 Å². The molecule has 2 aromatic rings. The Labute approximate surface area is 142 Å². The Balaban J connectivity index is 2.08. The van der Waals surface area contributed by atoms with Crippen LogP contribution in [0.5, 0.6) is 0 Å². The van der Waals surface area contributed by atoms with Crippen LogP contribution in [0.25, 0.3) is 0 Å². The Morgan fingerprint density at radius 2 is 2.24 bits per heavy atom. The van der Waals surface area contributed by atoms with Crippen LogP contribution in [0.2, 0.25) is 0 Å². The van der Waals surface area contributed by atoms with Crippen molar-refractivity contribution in [1.82, 2.24) is 14.5 Å². The molecule has 10 heteroatoms. The van der Waals surface area contributed by atoms with Crippen LogP contribution in [0.4, 0.5) is 10.2 Å². The number of hydrogen-bond donors (Lipinski definition) is 4. The second-order valence-corrected chi connectivity index (χ2v) is 5.51. The molecule has 0 aliphatic carbocycles. The summed E-state index contributed by atoms with van der Waals surface area (Å²) in [4.78, 5) is 14.7. The molecule has 1 saturated heterocycles. The summed E-state index contributed by atoms with van der Waals surface area (Å²) in [5.41, 5.74) is 0.799. The van der Waals surface area contributed by atoms with Gasteiger partial charge in [0.05, 0.1) is 36.1 Å². The fourth-order valence-corrected chi connectivity index (χ4v) is 2.92. The highest BCUT2D eigenvalue weighted by Gasteiger charge is 2.44. The van der Waals surface area contributed by atoms with Gasteiger partial charge in [-0.15, -0.1) is 0 Å². The van der Waals surface area contributed by atoms with Crippen LogP contribution in [0.3, 0.4) is 0 Å². The molecule has 0 unspecified atom stereocenters. The van der Waals surface area contributed by atoms with Gasteiger partial charge in [0.25, 0.3) is 0 Å². The number of nitrogens with one attached hydrogen (secondary N) is 1. The van der Waals surface area contributed by atoms with Gasteiger partial charge in [-0.3, -0.25) is 4.99 Å². The van der Waals surface area contributed by atoms with Crippen LogP contribution >= 0.6 is 0 Å². The van der Waals surface area contributed by atoms with E-state index in [1.807, 2.05) is 0 Å². The van der Waals surface area contributed by atoms with Gasteiger partial charge in [-0.2, -0.15) is 0 Å². The largest absolute Gasteiger partial charge is 0.394 e. The minimum atomic E-state index is -1.37. The van der Waals surface area contributed by atoms with Crippen LogP contribution in [0.1, 0.15) is 17.5 Å². The lowest BCUT2D eigenvalue weighted by Crippen LogP contribution is -2.33. The van der Waals surface area contributed by atoms with E-state index in [9.17, 15) is 19.7 Å². The van der Waals surface area contributed by atoms with E-state index in [4.69, 9.17) is 4.74 Å². The number of aliphatic imine (C=N–C) groups is 2. The number of aromatic nitrogens is 3. The normalized spacial score (nSPS) is 27.0. The van der Waals surface area contributed by atoms with Crippen LogP contribution in [0, 0.1) is 5.82 Å². The molecule has 25 heavy (non-hydrogen) atoms. The van der Waals surface area contributed by atoms with Crippen molar-refractivity contribution in [3.8, 4) is 0 Å². The second-order valence-electron chi connectivity index (χ2n) is 5.51. The molecule has 4 atom stereocenters. The number of H-pyrrole nitrogens is 1. The van der Waals surface area contributed by atoms with Crippen molar-refractivity contribution in [2.24, 2.45) is 9.98 Å². The smallest absolute Gasteiger partial charge is 0.164 e. The standard InChI is InChI=1S/C15H18FN5O4/c1-17-11(8-3-19-6-20-8)10-7(16)4-21(14(10)18-2)15-13(24)12(23)9(5-22)25-15/h3-4,6,9,12-13,15,22-24H,2,5H2,1H3,(H,19,20)/t9-,12-,13-,15-/m1/s1. The molecule has 1 aliphatic heterocycles. The first kappa shape index (κ1) is 17.4. The lowest BCUT2D eigenvalue weighted by molar-refractivity contribution is -0.0519. The van der Waals surface area contributed by atoms with Gasteiger partial charge in [0.2, 0.25) is 0 Å². The molecule has 1 aliphatic rings. The zero-order valence-electron chi connectivity index (χ0n) is 13.4. The summed E-state index contributed by atoms with van der Waals surface area (Å²) in [6.07, 6.45) is -0.795. The summed E-state index contributed by atoms with van der Waals surface area (Å²) in [6.45, 7) is 2.96. The first-order valence-electron chi connectivity index (χ1n) is 7.48. The van der Waals surface area contributed by atoms with E-state index in [1.54, 1.807) is 0 Å². The first-order valence-corrected chi connectivity index (χ1v) is 7.48. The molecule has 1 fully saturated rings. The Hall–Kier alpha value is -2.40. The SMILES string of the molecule is C=Nc1c(C(=NC)c2cnc[nH]2)c(F)cn1[C@@H]1O[C@H](CO)[C@@H](O)[C@H]1O. The number of hydrogen-bond acceptors (Lipinski definition) is 7. The maximum Gasteiger partial charge on any atom is 0.164 e. The maximum atomic E-state index is 14.7. The molecule has 0 radical (unpaired) electrons. The predicted molar refractivity (Wildman–Crippen MR) is 86.8 cm³/mol. The number of aromatic amines is 1. The highest BCUT2D eigenvalue weighted by molar-refractivity contribution is 6.14. The highest BCUT2D eigenvalue weighted by atomic mass is 19.1. The fraction of sp³-hybridized carbons (Fsp3) is 0.400. The zero-order valence-corrected chi connectivity index (χ0v) is 13.4. The molecule has 9 nitrogen and oxygen atoms in total. The Morgan fingerprint density at radius 3 is 2.76 bits per heavy atom. The van der Waals surface area contributed by atoms with Gasteiger partial charge in [0.15, 0.2) is 12.0 Å². The molecular formula is C15H18FN5O4. The quantitative estimate of drug-likeness (QED) is 0.553. The predicted octanol–water partition coefficient (Wildman–Crippen LogP) is -0.239. The van der Waals surface area contributed by atoms with Crippen LogP contribution in [-0.4, -0.2) is 74.3 Å². The van der Waals surface area contributed by atoms with Gasteiger partial charge < -0.3 is 29.6 Å². The summed E-state index contributed by atoms with van der Waals surface area (Å²) >= 11 is 0. The number of nitrogens with zero attached hydrogens (tertiary/aromatic N) is 4. The fourth-order valence-electron chi connectivity index (χ4n) is 2.92. The Kier molecular flexibility index (Phi) is 4.77. The molecule has 2 aromatic heterocycles. The van der Waals surface area contributed by atoms with Crippen molar-refractivity contribution in [2.75, 3.05) is 13.7 Å². The number of rotatable bonds is 5. The second kappa shape index (κ2) is 6.84. The number of halogens is 1. The van der Waals surface area contributed by atoms with Gasteiger partial charge >= 0.3 is 0 Å². The molecule has 4 N–H and O–H groups in total. The van der Waals surface area contributed by atoms with Crippen molar-refractivity contribution in [3.63, 3.8) is 0 Å². The third-order valence-electron chi connectivity index (χ3n) is 4.11. The molecule has 0 bridgehead atoms. The third kappa shape index (κ3) is 2.78. The van der Waals surface area contributed by atoms with E-state index in [0.29, 0.717) is 5.69 Å². The van der Waals surface area contributed by atoms with Crippen molar-refractivity contribution >= 4 is 18.2 Å². The van der Waals surface area contributed by atoms with E-state index in [1.165, 1.54) is 24.1 Å². The molecule has 0 spiro atoms. The minimum absolute atomic E-state index is 0.0551. The van der Waals surface area contributed by atoms with Gasteiger partial charge in [-0.25, -0.2) is 14.4 Å². The zero-order chi connectivity index (χ0) is 18.1. The van der Waals surface area contributed by atoms with Crippen LogP contribution in [-0.2, 0) is 4.74 Å². The summed E-state index contributed by atoms with van der Waals surface area (Å²) in [6, 6.07) is 0. The topological polar surface area (TPSA) is 128 Å². The molecule has 0 aromatic carbocycles. The third-order valence-corrected chi connectivity index (χ3v) is 4.11. The molecule has 0 saturated carbocycles. The number of imidazole rings is 1. The summed E-state index contributed by atoms with van der Waals surface area (Å²) in [5.74, 6) is -0.585. The summed E-state index contributed by atoms with van der Waals surface area (Å²) in [7, 11) is 1.49. The van der Waals surface area contributed by atoms with Gasteiger partial charge in [0, 0.05) is 13.2 Å². The van der Waals surface area contributed by atoms with Crippen molar-refractivity contribution in [2.45, 2.75) is 24.5 Å². The summed E-state index contributed by atoms with van der Waals surface area (Å²) < 4.78 is 21.3. The lowest BCUT2D eigenvalue weighted by Gasteiger charge is -2.18. The van der Waals surface area contributed by atoms with Gasteiger partial charge in [-0.1, -0.05) is 0 Å². The number of aliphatic hydroxyl groups is 3. The van der Waals surface area contributed by atoms with Crippen molar-refractivity contribution in [1.29, 1.82) is 0 Å². The van der Waals surface area contributed by atoms with Crippen LogP contribution in [0.15, 0.2) is 28.7 Å². The van der Waals surface area contributed by atoms with E-state index in [2.05, 4.69) is 26.7 Å². The molecule has 134 valence electrons. The van der Waals surface area contributed by atoms with Gasteiger partial charge in [-0.05, 0) is 6.72 Å². The molecule has 3 rings (SSSR count). The maximum absolute atomic E-state index is 14.7. The average molecular weight is 351 g/mol. The molecular weight excluding hydrogens is 333 g/mol. The monoisotopic (exact) mass is 351 g/mol. The lowest BCUT2D eigenvalue weighted by atomic mass is 10.1. The van der Waals surface area contributed by atoms with E-state index in [0.717, 1.165) is 6.20 Å². The van der Waals surface area contributed by atoms with Gasteiger partial charge in [0.1, 0.15) is 24.1 Å².